The van der Waals surface area contributed by atoms with Crippen molar-refractivity contribution in [3.8, 4) is 6.07 Å². The third-order valence-corrected chi connectivity index (χ3v) is 3.34. The molecule has 0 bridgehead atoms. The van der Waals surface area contributed by atoms with Crippen molar-refractivity contribution in [3.63, 3.8) is 0 Å². The number of hydrogen-bond donors (Lipinski definition) is 0. The molecule has 0 unspecified atom stereocenters. The first kappa shape index (κ1) is 13.3. The van der Waals surface area contributed by atoms with Gasteiger partial charge in [-0.1, -0.05) is 6.92 Å². The first-order chi connectivity index (χ1) is 9.06. The van der Waals surface area contributed by atoms with E-state index in [1.54, 1.807) is 10.7 Å². The zero-order chi connectivity index (χ0) is 14.0. The number of aromatic nitrogens is 2. The molecule has 19 heavy (non-hydrogen) atoms. The Morgan fingerprint density at radius 2 is 2.16 bits per heavy atom. The molecule has 4 heteroatoms. The topological polar surface area (TPSA) is 41.6 Å². The predicted octanol–water partition coefficient (Wildman–Crippen LogP) is 3.28. The van der Waals surface area contributed by atoms with Gasteiger partial charge in [-0.05, 0) is 37.1 Å². The average molecular weight is 257 g/mol. The van der Waals surface area contributed by atoms with Crippen LogP contribution < -0.4 is 0 Å². The van der Waals surface area contributed by atoms with Crippen LogP contribution in [0.3, 0.4) is 0 Å². The molecule has 3 nitrogen and oxygen atoms in total. The number of nitriles is 1. The molecule has 1 aromatic heterocycles. The van der Waals surface area contributed by atoms with Crippen LogP contribution in [0, 0.1) is 24.1 Å². The maximum absolute atomic E-state index is 13.5. The minimum atomic E-state index is -0.311. The van der Waals surface area contributed by atoms with Crippen molar-refractivity contribution < 1.29 is 4.39 Å². The monoisotopic (exact) mass is 257 g/mol. The molecule has 2 aromatic rings. The van der Waals surface area contributed by atoms with Crippen LogP contribution in [-0.2, 0) is 7.05 Å². The summed E-state index contributed by atoms with van der Waals surface area (Å²) >= 11 is 0. The largest absolute Gasteiger partial charge is 0.275 e. The van der Waals surface area contributed by atoms with Gasteiger partial charge in [0.1, 0.15) is 5.82 Å². The third-order valence-electron chi connectivity index (χ3n) is 3.34. The summed E-state index contributed by atoms with van der Waals surface area (Å²) in [5.41, 5.74) is 3.23. The molecule has 0 radical (unpaired) electrons. The van der Waals surface area contributed by atoms with Gasteiger partial charge in [0.05, 0.1) is 17.3 Å². The molecule has 0 aliphatic rings. The van der Waals surface area contributed by atoms with Crippen molar-refractivity contribution >= 4 is 0 Å². The standard InChI is InChI=1S/C15H16FN3/c1-4-13(15-9-19(3)18-10(15)2)14-7-12(16)6-5-11(14)8-17/h5-7,9,13H,4H2,1-3H3/t13-/m0/s1. The number of nitrogens with zero attached hydrogens (tertiary/aromatic N) is 3. The van der Waals surface area contributed by atoms with Crippen LogP contribution in [0.2, 0.25) is 0 Å². The van der Waals surface area contributed by atoms with E-state index >= 15 is 0 Å². The van der Waals surface area contributed by atoms with Crippen LogP contribution in [0.15, 0.2) is 24.4 Å². The molecule has 0 aliphatic carbocycles. The van der Waals surface area contributed by atoms with Gasteiger partial charge in [0.2, 0.25) is 0 Å². The second-order valence-corrected chi connectivity index (χ2v) is 4.65. The summed E-state index contributed by atoms with van der Waals surface area (Å²) in [5, 5.41) is 13.5. The highest BCUT2D eigenvalue weighted by Gasteiger charge is 2.20. The molecular formula is C15H16FN3. The number of rotatable bonds is 3. The zero-order valence-electron chi connectivity index (χ0n) is 11.3. The highest BCUT2D eigenvalue weighted by molar-refractivity contribution is 5.44. The Balaban J connectivity index is 2.57. The third kappa shape index (κ3) is 2.50. The van der Waals surface area contributed by atoms with E-state index < -0.39 is 0 Å². The fourth-order valence-electron chi connectivity index (χ4n) is 2.49. The lowest BCUT2D eigenvalue weighted by atomic mass is 9.87. The van der Waals surface area contributed by atoms with Crippen LogP contribution in [0.5, 0.6) is 0 Å². The number of hydrogen-bond acceptors (Lipinski definition) is 2. The quantitative estimate of drug-likeness (QED) is 0.846. The van der Waals surface area contributed by atoms with E-state index in [9.17, 15) is 9.65 Å². The smallest absolute Gasteiger partial charge is 0.123 e. The average Bonchev–Trinajstić information content (AvgIpc) is 2.70. The summed E-state index contributed by atoms with van der Waals surface area (Å²) in [7, 11) is 1.86. The van der Waals surface area contributed by atoms with Gasteiger partial charge in [0, 0.05) is 24.7 Å². The molecule has 0 N–H and O–H groups in total. The van der Waals surface area contributed by atoms with Gasteiger partial charge in [-0.25, -0.2) is 4.39 Å². The van der Waals surface area contributed by atoms with Crippen molar-refractivity contribution in [2.45, 2.75) is 26.2 Å². The maximum atomic E-state index is 13.5. The molecule has 1 atom stereocenters. The lowest BCUT2D eigenvalue weighted by Crippen LogP contribution is -2.04. The summed E-state index contributed by atoms with van der Waals surface area (Å²) in [6.07, 6.45) is 2.74. The molecule has 0 saturated carbocycles. The molecule has 2 rings (SSSR count). The number of halogens is 1. The fraction of sp³-hybridized carbons (Fsp3) is 0.333. The molecule has 0 amide bonds. The van der Waals surface area contributed by atoms with Gasteiger partial charge in [-0.3, -0.25) is 4.68 Å². The van der Waals surface area contributed by atoms with E-state index in [4.69, 9.17) is 0 Å². The Hall–Kier alpha value is -2.15. The fourth-order valence-corrected chi connectivity index (χ4v) is 2.49. The van der Waals surface area contributed by atoms with Crippen LogP contribution >= 0.6 is 0 Å². The lowest BCUT2D eigenvalue weighted by Gasteiger charge is -2.16. The first-order valence-corrected chi connectivity index (χ1v) is 6.26. The van der Waals surface area contributed by atoms with E-state index in [0.29, 0.717) is 5.56 Å². The lowest BCUT2D eigenvalue weighted by molar-refractivity contribution is 0.621. The van der Waals surface area contributed by atoms with Gasteiger partial charge in [-0.15, -0.1) is 0 Å². The molecule has 1 aromatic carbocycles. The Bertz CT molecular complexity index is 637. The van der Waals surface area contributed by atoms with Crippen molar-refractivity contribution in [2.24, 2.45) is 7.05 Å². The second kappa shape index (κ2) is 5.23. The zero-order valence-corrected chi connectivity index (χ0v) is 11.3. The van der Waals surface area contributed by atoms with Crippen LogP contribution in [0.1, 0.15) is 41.6 Å². The van der Waals surface area contributed by atoms with Crippen molar-refractivity contribution in [1.82, 2.24) is 9.78 Å². The molecular weight excluding hydrogens is 241 g/mol. The van der Waals surface area contributed by atoms with Crippen molar-refractivity contribution in [1.29, 1.82) is 5.26 Å². The molecule has 0 spiro atoms. The SMILES string of the molecule is CC[C@@H](c1cc(F)ccc1C#N)c1cn(C)nc1C. The van der Waals surface area contributed by atoms with Gasteiger partial charge in [0.15, 0.2) is 0 Å². The Morgan fingerprint density at radius 1 is 1.42 bits per heavy atom. The van der Waals surface area contributed by atoms with Gasteiger partial charge >= 0.3 is 0 Å². The van der Waals surface area contributed by atoms with E-state index in [0.717, 1.165) is 23.2 Å². The summed E-state index contributed by atoms with van der Waals surface area (Å²) in [5.74, 6) is -0.312. The van der Waals surface area contributed by atoms with E-state index in [1.807, 2.05) is 27.1 Å². The number of benzene rings is 1. The summed E-state index contributed by atoms with van der Waals surface area (Å²) < 4.78 is 15.2. The Morgan fingerprint density at radius 3 is 2.68 bits per heavy atom. The Labute approximate surface area is 112 Å². The summed E-state index contributed by atoms with van der Waals surface area (Å²) in [4.78, 5) is 0. The minimum Gasteiger partial charge on any atom is -0.275 e. The maximum Gasteiger partial charge on any atom is 0.123 e. The molecule has 0 aliphatic heterocycles. The van der Waals surface area contributed by atoms with Gasteiger partial charge in [0.25, 0.3) is 0 Å². The van der Waals surface area contributed by atoms with Crippen LogP contribution in [-0.4, -0.2) is 9.78 Å². The summed E-state index contributed by atoms with van der Waals surface area (Å²) in [6, 6.07) is 6.46. The van der Waals surface area contributed by atoms with E-state index in [-0.39, 0.29) is 11.7 Å². The number of aryl methyl sites for hydroxylation is 2. The highest BCUT2D eigenvalue weighted by atomic mass is 19.1. The van der Waals surface area contributed by atoms with Gasteiger partial charge in [-0.2, -0.15) is 10.4 Å². The normalized spacial score (nSPS) is 12.2. The first-order valence-electron chi connectivity index (χ1n) is 6.26. The minimum absolute atomic E-state index is 0.000880. The van der Waals surface area contributed by atoms with Crippen LogP contribution in [0.4, 0.5) is 4.39 Å². The van der Waals surface area contributed by atoms with Gasteiger partial charge < -0.3 is 0 Å². The second-order valence-electron chi connectivity index (χ2n) is 4.65. The molecule has 1 heterocycles. The van der Waals surface area contributed by atoms with Crippen LogP contribution in [0.25, 0.3) is 0 Å². The molecule has 0 fully saturated rings. The molecule has 0 saturated heterocycles. The van der Waals surface area contributed by atoms with Crippen molar-refractivity contribution in [3.05, 3.63) is 52.6 Å². The molecule has 98 valence electrons. The predicted molar refractivity (Wildman–Crippen MR) is 71.2 cm³/mol. The van der Waals surface area contributed by atoms with Crippen molar-refractivity contribution in [2.75, 3.05) is 0 Å². The van der Waals surface area contributed by atoms with E-state index in [1.165, 1.54) is 12.1 Å². The summed E-state index contributed by atoms with van der Waals surface area (Å²) in [6.45, 7) is 3.96. The van der Waals surface area contributed by atoms with E-state index in [2.05, 4.69) is 11.2 Å². The Kier molecular flexibility index (Phi) is 3.66. The highest BCUT2D eigenvalue weighted by Crippen LogP contribution is 2.32.